The van der Waals surface area contributed by atoms with Gasteiger partial charge in [0.05, 0.1) is 5.75 Å². The zero-order valence-electron chi connectivity index (χ0n) is 12.7. The fourth-order valence-electron chi connectivity index (χ4n) is 2.82. The Morgan fingerprint density at radius 1 is 1.29 bits per heavy atom. The summed E-state index contributed by atoms with van der Waals surface area (Å²) < 4.78 is 27.0. The number of rotatable bonds is 7. The molecule has 2 unspecified atom stereocenters. The number of hydrogen-bond donors (Lipinski definition) is 2. The molecule has 1 aliphatic rings. The highest BCUT2D eigenvalue weighted by atomic mass is 32.2. The second-order valence-corrected chi connectivity index (χ2v) is 7.77. The van der Waals surface area contributed by atoms with Crippen LogP contribution in [0.15, 0.2) is 30.3 Å². The van der Waals surface area contributed by atoms with Crippen molar-refractivity contribution in [2.75, 3.05) is 18.8 Å². The molecule has 4 nitrogen and oxygen atoms in total. The fraction of sp³-hybridized carbons (Fsp3) is 0.625. The van der Waals surface area contributed by atoms with E-state index >= 15 is 0 Å². The molecule has 0 aliphatic carbocycles. The molecule has 0 saturated carbocycles. The second kappa shape index (κ2) is 7.92. The maximum atomic E-state index is 12.1. The highest BCUT2D eigenvalue weighted by Crippen LogP contribution is 2.16. The van der Waals surface area contributed by atoms with Crippen LogP contribution in [0.4, 0.5) is 0 Å². The SMILES string of the molecule is CC(CS(=O)(=O)NCCC1CCCCN1)c1ccccc1. The van der Waals surface area contributed by atoms with E-state index in [1.807, 2.05) is 37.3 Å². The molecule has 118 valence electrons. The van der Waals surface area contributed by atoms with Crippen LogP contribution in [0, 0.1) is 0 Å². The molecule has 21 heavy (non-hydrogen) atoms. The van der Waals surface area contributed by atoms with E-state index in [0.717, 1.165) is 24.9 Å². The molecule has 5 heteroatoms. The maximum absolute atomic E-state index is 12.1. The van der Waals surface area contributed by atoms with Gasteiger partial charge in [-0.1, -0.05) is 43.7 Å². The Morgan fingerprint density at radius 2 is 2.05 bits per heavy atom. The summed E-state index contributed by atoms with van der Waals surface area (Å²) in [5, 5.41) is 3.44. The van der Waals surface area contributed by atoms with E-state index in [0.29, 0.717) is 12.6 Å². The van der Waals surface area contributed by atoms with E-state index in [-0.39, 0.29) is 11.7 Å². The first-order valence-corrected chi connectivity index (χ1v) is 9.48. The first kappa shape index (κ1) is 16.5. The van der Waals surface area contributed by atoms with Crippen LogP contribution >= 0.6 is 0 Å². The van der Waals surface area contributed by atoms with Gasteiger partial charge < -0.3 is 5.32 Å². The third-order valence-corrected chi connectivity index (χ3v) is 5.65. The molecule has 0 spiro atoms. The monoisotopic (exact) mass is 310 g/mol. The van der Waals surface area contributed by atoms with Gasteiger partial charge in [0.1, 0.15) is 0 Å². The maximum Gasteiger partial charge on any atom is 0.212 e. The Hall–Kier alpha value is -0.910. The molecule has 1 aromatic rings. The molecule has 0 bridgehead atoms. The average Bonchev–Trinajstić information content (AvgIpc) is 2.48. The molecule has 2 N–H and O–H groups in total. The zero-order chi connectivity index (χ0) is 15.1. The fourth-order valence-corrected chi connectivity index (χ4v) is 4.22. The summed E-state index contributed by atoms with van der Waals surface area (Å²) in [5.74, 6) is 0.159. The number of hydrogen-bond acceptors (Lipinski definition) is 3. The number of nitrogens with one attached hydrogen (secondary N) is 2. The third-order valence-electron chi connectivity index (χ3n) is 4.07. The molecular formula is C16H26N2O2S. The lowest BCUT2D eigenvalue weighted by Crippen LogP contribution is -2.38. The van der Waals surface area contributed by atoms with Crippen molar-refractivity contribution in [2.24, 2.45) is 0 Å². The van der Waals surface area contributed by atoms with Gasteiger partial charge in [-0.25, -0.2) is 13.1 Å². The van der Waals surface area contributed by atoms with Crippen molar-refractivity contribution in [2.45, 2.75) is 44.6 Å². The van der Waals surface area contributed by atoms with Crippen LogP contribution < -0.4 is 10.0 Å². The van der Waals surface area contributed by atoms with Crippen molar-refractivity contribution >= 4 is 10.0 Å². The standard InChI is InChI=1S/C16H26N2O2S/c1-14(15-7-3-2-4-8-15)13-21(19,20)18-12-10-16-9-5-6-11-17-16/h2-4,7-8,14,16-18H,5-6,9-13H2,1H3. The van der Waals surface area contributed by atoms with E-state index in [1.165, 1.54) is 12.8 Å². The molecule has 2 rings (SSSR count). The highest BCUT2D eigenvalue weighted by Gasteiger charge is 2.18. The van der Waals surface area contributed by atoms with E-state index in [1.54, 1.807) is 0 Å². The Kier molecular flexibility index (Phi) is 6.21. The van der Waals surface area contributed by atoms with Gasteiger partial charge in [-0.2, -0.15) is 0 Å². The lowest BCUT2D eigenvalue weighted by Gasteiger charge is -2.23. The first-order chi connectivity index (χ1) is 10.1. The van der Waals surface area contributed by atoms with Crippen molar-refractivity contribution in [1.29, 1.82) is 0 Å². The van der Waals surface area contributed by atoms with Gasteiger partial charge in [0.25, 0.3) is 0 Å². The van der Waals surface area contributed by atoms with Gasteiger partial charge in [-0.3, -0.25) is 0 Å². The van der Waals surface area contributed by atoms with Gasteiger partial charge >= 0.3 is 0 Å². The molecule has 1 fully saturated rings. The van der Waals surface area contributed by atoms with Crippen molar-refractivity contribution in [3.63, 3.8) is 0 Å². The molecule has 1 aromatic carbocycles. The lowest BCUT2D eigenvalue weighted by atomic mass is 10.0. The Bertz CT molecular complexity index is 510. The Labute approximate surface area is 128 Å². The summed E-state index contributed by atoms with van der Waals surface area (Å²) in [6.07, 6.45) is 4.51. The van der Waals surface area contributed by atoms with E-state index in [4.69, 9.17) is 0 Å². The van der Waals surface area contributed by atoms with Crippen molar-refractivity contribution < 1.29 is 8.42 Å². The molecule has 1 aliphatic heterocycles. The minimum Gasteiger partial charge on any atom is -0.314 e. The van der Waals surface area contributed by atoms with Gasteiger partial charge in [-0.05, 0) is 37.3 Å². The predicted octanol–water partition coefficient (Wildman–Crippen LogP) is 2.24. The summed E-state index contributed by atoms with van der Waals surface area (Å²) >= 11 is 0. The van der Waals surface area contributed by atoms with Crippen LogP contribution in [-0.2, 0) is 10.0 Å². The van der Waals surface area contributed by atoms with Crippen molar-refractivity contribution in [3.05, 3.63) is 35.9 Å². The Morgan fingerprint density at radius 3 is 2.71 bits per heavy atom. The van der Waals surface area contributed by atoms with E-state index in [9.17, 15) is 8.42 Å². The summed E-state index contributed by atoms with van der Waals surface area (Å²) in [5.41, 5.74) is 1.07. The average molecular weight is 310 g/mol. The van der Waals surface area contributed by atoms with Crippen molar-refractivity contribution in [3.8, 4) is 0 Å². The molecule has 2 atom stereocenters. The molecule has 0 radical (unpaired) electrons. The van der Waals surface area contributed by atoms with Crippen LogP contribution in [0.5, 0.6) is 0 Å². The normalized spacial score (nSPS) is 21.1. The number of benzene rings is 1. The van der Waals surface area contributed by atoms with Crippen LogP contribution in [0.3, 0.4) is 0 Å². The van der Waals surface area contributed by atoms with E-state index < -0.39 is 10.0 Å². The number of piperidine rings is 1. The minimum absolute atomic E-state index is 0.0107. The van der Waals surface area contributed by atoms with Gasteiger partial charge in [0.15, 0.2) is 0 Å². The quantitative estimate of drug-likeness (QED) is 0.812. The van der Waals surface area contributed by atoms with Crippen LogP contribution in [-0.4, -0.2) is 33.3 Å². The highest BCUT2D eigenvalue weighted by molar-refractivity contribution is 7.89. The third kappa shape index (κ3) is 5.77. The summed E-state index contributed by atoms with van der Waals surface area (Å²) in [6, 6.07) is 10.3. The molecule has 1 heterocycles. The van der Waals surface area contributed by atoms with Crippen LogP contribution in [0.1, 0.15) is 44.1 Å². The van der Waals surface area contributed by atoms with Gasteiger partial charge in [0.2, 0.25) is 10.0 Å². The van der Waals surface area contributed by atoms with Crippen LogP contribution in [0.2, 0.25) is 0 Å². The molecular weight excluding hydrogens is 284 g/mol. The van der Waals surface area contributed by atoms with E-state index in [2.05, 4.69) is 10.0 Å². The molecule has 0 aromatic heterocycles. The largest absolute Gasteiger partial charge is 0.314 e. The topological polar surface area (TPSA) is 58.2 Å². The Balaban J connectivity index is 1.76. The summed E-state index contributed by atoms with van der Waals surface area (Å²) in [7, 11) is -3.21. The second-order valence-electron chi connectivity index (χ2n) is 5.92. The first-order valence-electron chi connectivity index (χ1n) is 7.82. The van der Waals surface area contributed by atoms with Crippen LogP contribution in [0.25, 0.3) is 0 Å². The number of sulfonamides is 1. The smallest absolute Gasteiger partial charge is 0.212 e. The molecule has 0 amide bonds. The zero-order valence-corrected chi connectivity index (χ0v) is 13.5. The molecule has 1 saturated heterocycles. The predicted molar refractivity (Wildman–Crippen MR) is 86.9 cm³/mol. The summed E-state index contributed by atoms with van der Waals surface area (Å²) in [4.78, 5) is 0. The van der Waals surface area contributed by atoms with Gasteiger partial charge in [0, 0.05) is 12.6 Å². The summed E-state index contributed by atoms with van der Waals surface area (Å²) in [6.45, 7) is 3.54. The van der Waals surface area contributed by atoms with Crippen molar-refractivity contribution in [1.82, 2.24) is 10.0 Å². The lowest BCUT2D eigenvalue weighted by molar-refractivity contribution is 0.382. The van der Waals surface area contributed by atoms with Gasteiger partial charge in [-0.15, -0.1) is 0 Å². The minimum atomic E-state index is -3.21.